The van der Waals surface area contributed by atoms with Gasteiger partial charge in [-0.3, -0.25) is 9.69 Å². The third kappa shape index (κ3) is 10.7. The van der Waals surface area contributed by atoms with Gasteiger partial charge in [0.25, 0.3) is 5.91 Å². The molecule has 2 fully saturated rings. The fourth-order valence-corrected chi connectivity index (χ4v) is 6.70. The van der Waals surface area contributed by atoms with Gasteiger partial charge >= 0.3 is 5.97 Å². The maximum absolute atomic E-state index is 13.3. The van der Waals surface area contributed by atoms with E-state index in [1.807, 2.05) is 18.7 Å². The summed E-state index contributed by atoms with van der Waals surface area (Å²) in [4.78, 5) is 33.5. The summed E-state index contributed by atoms with van der Waals surface area (Å²) < 4.78 is 1.84. The minimum Gasteiger partial charge on any atom is -0.618 e. The topological polar surface area (TPSA) is 231 Å². The lowest BCUT2D eigenvalue weighted by Gasteiger charge is -2.49. The van der Waals surface area contributed by atoms with Crippen molar-refractivity contribution in [2.75, 3.05) is 39.4 Å². The van der Waals surface area contributed by atoms with Gasteiger partial charge in [-0.1, -0.05) is 33.2 Å². The van der Waals surface area contributed by atoms with E-state index in [0.29, 0.717) is 36.9 Å². The van der Waals surface area contributed by atoms with E-state index in [9.17, 15) is 14.8 Å². The zero-order valence-electron chi connectivity index (χ0n) is 29.4. The van der Waals surface area contributed by atoms with Gasteiger partial charge in [0.15, 0.2) is 12.3 Å². The number of carboxylic acids is 1. The zero-order valence-corrected chi connectivity index (χ0v) is 31.0. The Hall–Kier alpha value is -3.22. The summed E-state index contributed by atoms with van der Waals surface area (Å²) in [6.45, 7) is 11.0. The highest BCUT2D eigenvalue weighted by Gasteiger charge is 2.40. The number of aliphatic carboxylic acids is 1. The molecule has 0 unspecified atom stereocenters. The van der Waals surface area contributed by atoms with Crippen molar-refractivity contribution >= 4 is 33.5 Å². The molecule has 2 aliphatic heterocycles. The minimum absolute atomic E-state index is 0.0257. The third-order valence-corrected chi connectivity index (χ3v) is 10.4. The van der Waals surface area contributed by atoms with Crippen LogP contribution in [0.1, 0.15) is 66.7 Å². The fraction of sp³-hybridized carbons (Fsp3) is 0.600. The Morgan fingerprint density at radius 3 is 2.12 bits per heavy atom. The van der Waals surface area contributed by atoms with Crippen molar-refractivity contribution in [1.82, 2.24) is 9.80 Å². The predicted molar refractivity (Wildman–Crippen MR) is 190 cm³/mol. The molecule has 1 amide bonds. The van der Waals surface area contributed by atoms with Crippen LogP contribution in [-0.2, 0) is 9.63 Å². The van der Waals surface area contributed by atoms with Gasteiger partial charge < -0.3 is 50.7 Å². The number of oxime groups is 1. The van der Waals surface area contributed by atoms with E-state index >= 15 is 0 Å². The van der Waals surface area contributed by atoms with Crippen LogP contribution in [0.15, 0.2) is 46.2 Å². The molecule has 4 rings (SSSR count). The summed E-state index contributed by atoms with van der Waals surface area (Å²) in [6.07, 6.45) is -4.85. The number of benzene rings is 1. The van der Waals surface area contributed by atoms with Crippen molar-refractivity contribution in [3.05, 3.63) is 68.6 Å². The van der Waals surface area contributed by atoms with Crippen molar-refractivity contribution in [2.45, 2.75) is 89.4 Å². The molecular weight excluding hydrogens is 732 g/mol. The van der Waals surface area contributed by atoms with E-state index < -0.39 is 43.1 Å². The molecule has 284 valence electrons. The molecule has 15 nitrogen and oxygen atoms in total. The van der Waals surface area contributed by atoms with Crippen LogP contribution in [0.5, 0.6) is 0 Å². The molecule has 2 saturated heterocycles. The van der Waals surface area contributed by atoms with Crippen LogP contribution in [0.4, 0.5) is 0 Å². The normalized spacial score (nSPS) is 20.0. The predicted octanol–water partition coefficient (Wildman–Crippen LogP) is 0.715. The number of pyridine rings is 1. The highest BCUT2D eigenvalue weighted by Crippen LogP contribution is 2.34. The van der Waals surface area contributed by atoms with Crippen molar-refractivity contribution < 1.29 is 54.9 Å². The summed E-state index contributed by atoms with van der Waals surface area (Å²) in [5, 5.41) is 78.1. The van der Waals surface area contributed by atoms with Gasteiger partial charge in [-0.15, -0.1) is 0 Å². The molecule has 16 heteroatoms. The SMILES string of the molecule is CCO/N=C(/c1ccc(Br)cc1)C1CCN(C2(C)CCN(C(=O)c3c(C)cc[n+]([O-])c3C)CC2)CC1.O=C(O)[C@H](O)[C@H](O)[C@H](O)[C@@H](O)[C@H](O)CO. The number of likely N-dealkylation sites (tertiary alicyclic amines) is 2. The Bertz CT molecular complexity index is 1480. The average Bonchev–Trinajstić information content (AvgIpc) is 3.13. The Labute approximate surface area is 306 Å². The first-order valence-electron chi connectivity index (χ1n) is 17.0. The number of rotatable bonds is 12. The Morgan fingerprint density at radius 2 is 1.59 bits per heavy atom. The van der Waals surface area contributed by atoms with E-state index in [1.165, 1.54) is 6.20 Å². The Morgan fingerprint density at radius 1 is 1.00 bits per heavy atom. The minimum atomic E-state index is -2.29. The van der Waals surface area contributed by atoms with Crippen molar-refractivity contribution in [3.63, 3.8) is 0 Å². The maximum Gasteiger partial charge on any atom is 0.335 e. The van der Waals surface area contributed by atoms with Crippen LogP contribution < -0.4 is 4.73 Å². The number of hydrogen-bond donors (Lipinski definition) is 7. The fourth-order valence-electron chi connectivity index (χ4n) is 6.44. The molecule has 0 saturated carbocycles. The van der Waals surface area contributed by atoms with Gasteiger partial charge in [0.1, 0.15) is 36.6 Å². The molecule has 51 heavy (non-hydrogen) atoms. The van der Waals surface area contributed by atoms with E-state index in [2.05, 4.69) is 57.2 Å². The number of carboxylic acid groups (broad SMARTS) is 1. The van der Waals surface area contributed by atoms with Crippen molar-refractivity contribution in [3.8, 4) is 0 Å². The summed E-state index contributed by atoms with van der Waals surface area (Å²) in [5.74, 6) is -1.45. The van der Waals surface area contributed by atoms with Gasteiger partial charge in [0, 0.05) is 42.0 Å². The number of amides is 1. The van der Waals surface area contributed by atoms with Crippen LogP contribution in [0.2, 0.25) is 0 Å². The number of piperidine rings is 2. The lowest BCUT2D eigenvalue weighted by atomic mass is 9.82. The van der Waals surface area contributed by atoms with Crippen LogP contribution in [0, 0.1) is 25.0 Å². The monoisotopic (exact) mass is 782 g/mol. The van der Waals surface area contributed by atoms with E-state index in [1.54, 1.807) is 13.0 Å². The Balaban J connectivity index is 0.000000396. The standard InChI is InChI=1S/C28H37BrN4O3.C7H14O8/c1-5-36-30-26(22-6-8-24(29)9-7-22)23-11-15-32(16-12-23)28(4)13-18-31(19-14-28)27(34)25-20(2)10-17-33(35)21(25)3;8-1-2(9)3(10)4(11)5(12)6(13)7(14)15/h6-10,17,23H,5,11-16,18-19H2,1-4H3;2-6,8-13H,1H2,(H,14,15)/b30-26-;/t;2-,3+,4-,5-,6-/m.1/s1. The van der Waals surface area contributed by atoms with Crippen molar-refractivity contribution in [2.24, 2.45) is 11.1 Å². The molecule has 0 aliphatic carbocycles. The van der Waals surface area contributed by atoms with Gasteiger partial charge in [-0.25, -0.2) is 4.79 Å². The summed E-state index contributed by atoms with van der Waals surface area (Å²) in [6, 6.07) is 10.0. The number of carbonyl (C=O) groups is 2. The van der Waals surface area contributed by atoms with Crippen LogP contribution in [-0.4, -0.2) is 139 Å². The molecular formula is C35H51BrN4O11. The average molecular weight is 784 g/mol. The largest absolute Gasteiger partial charge is 0.618 e. The maximum atomic E-state index is 13.3. The lowest BCUT2D eigenvalue weighted by molar-refractivity contribution is -0.612. The number of halogens is 1. The molecule has 2 aliphatic rings. The summed E-state index contributed by atoms with van der Waals surface area (Å²) in [7, 11) is 0. The highest BCUT2D eigenvalue weighted by molar-refractivity contribution is 9.10. The number of aryl methyl sites for hydroxylation is 1. The summed E-state index contributed by atoms with van der Waals surface area (Å²) >= 11 is 3.52. The molecule has 5 atom stereocenters. The highest BCUT2D eigenvalue weighted by atomic mass is 79.9. The molecule has 7 N–H and O–H groups in total. The van der Waals surface area contributed by atoms with Gasteiger partial charge in [-0.05, 0) is 82.8 Å². The van der Waals surface area contributed by atoms with Gasteiger partial charge in [0.2, 0.25) is 5.69 Å². The van der Waals surface area contributed by atoms with Crippen LogP contribution in [0.3, 0.4) is 0 Å². The van der Waals surface area contributed by atoms with E-state index in [0.717, 1.165) is 64.8 Å². The number of hydrogen-bond acceptors (Lipinski definition) is 12. The zero-order chi connectivity index (χ0) is 38.0. The summed E-state index contributed by atoms with van der Waals surface area (Å²) in [5.41, 5.74) is 4.11. The van der Waals surface area contributed by atoms with Gasteiger partial charge in [-0.2, -0.15) is 4.73 Å². The molecule has 2 aromatic rings. The number of aliphatic hydroxyl groups excluding tert-OH is 6. The molecule has 3 heterocycles. The second kappa shape index (κ2) is 19.0. The van der Waals surface area contributed by atoms with Crippen molar-refractivity contribution in [1.29, 1.82) is 0 Å². The first kappa shape index (κ1) is 42.2. The lowest BCUT2D eigenvalue weighted by Crippen LogP contribution is -2.57. The first-order chi connectivity index (χ1) is 24.1. The number of aliphatic hydroxyl groups is 6. The number of carbonyl (C=O) groups excluding carboxylic acids is 1. The Kier molecular flexibility index (Phi) is 15.7. The second-order valence-corrected chi connectivity index (χ2v) is 14.2. The molecule has 1 aromatic carbocycles. The number of aromatic nitrogens is 1. The molecule has 1 aromatic heterocycles. The molecule has 0 radical (unpaired) electrons. The van der Waals surface area contributed by atoms with Crippen LogP contribution >= 0.6 is 15.9 Å². The molecule has 0 spiro atoms. The number of nitrogens with zero attached hydrogens (tertiary/aromatic N) is 4. The molecule has 0 bridgehead atoms. The third-order valence-electron chi connectivity index (χ3n) is 9.82. The van der Waals surface area contributed by atoms with E-state index in [4.69, 9.17) is 40.6 Å². The van der Waals surface area contributed by atoms with E-state index in [-0.39, 0.29) is 11.4 Å². The van der Waals surface area contributed by atoms with Gasteiger partial charge in [0.05, 0.1) is 12.3 Å². The van der Waals surface area contributed by atoms with Crippen LogP contribution in [0.25, 0.3) is 0 Å². The second-order valence-electron chi connectivity index (χ2n) is 13.2. The first-order valence-corrected chi connectivity index (χ1v) is 17.8. The smallest absolute Gasteiger partial charge is 0.335 e. The quantitative estimate of drug-likeness (QED) is 0.0684.